The lowest BCUT2D eigenvalue weighted by molar-refractivity contribution is 0.104. The van der Waals surface area contributed by atoms with Gasteiger partial charge >= 0.3 is 0 Å². The second kappa shape index (κ2) is 2.06. The van der Waals surface area contributed by atoms with E-state index in [1.807, 2.05) is 0 Å². The Balaban J connectivity index is 2.24. The van der Waals surface area contributed by atoms with Crippen LogP contribution < -0.4 is 0 Å². The van der Waals surface area contributed by atoms with Gasteiger partial charge in [0.25, 0.3) is 0 Å². The Morgan fingerprint density at radius 1 is 1.42 bits per heavy atom. The molecule has 2 rings (SSSR count). The average molecular weight is 170 g/mol. The van der Waals surface area contributed by atoms with Gasteiger partial charge in [-0.05, 0) is 46.0 Å². The second-order valence-corrected chi connectivity index (χ2v) is 5.51. The van der Waals surface area contributed by atoms with E-state index in [0.29, 0.717) is 12.1 Å². The fourth-order valence-corrected chi connectivity index (χ4v) is 2.93. The van der Waals surface area contributed by atoms with Crippen LogP contribution in [0.2, 0.25) is 0 Å². The topological polar surface area (TPSA) is 3.24 Å². The standard InChI is InChI=1S/C11H21N/c1-8-6-11(5)7-9(11)12(8)10(2,3)4/h8-9H,6-7H2,1-5H3/t8-,9-,11+/m1/s1/i5D3. The number of fused-ring (bicyclic) bond motifs is 1. The predicted molar refractivity (Wildman–Crippen MR) is 52.2 cm³/mol. The molecule has 0 spiro atoms. The lowest BCUT2D eigenvalue weighted by Gasteiger charge is -2.37. The minimum atomic E-state index is -1.77. The van der Waals surface area contributed by atoms with Crippen molar-refractivity contribution in [1.82, 2.24) is 4.90 Å². The first kappa shape index (κ1) is 5.64. The molecule has 1 heterocycles. The van der Waals surface area contributed by atoms with E-state index in [1.165, 1.54) is 0 Å². The van der Waals surface area contributed by atoms with Crippen LogP contribution in [0.25, 0.3) is 0 Å². The molecule has 0 amide bonds. The Labute approximate surface area is 80.4 Å². The molecule has 2 aliphatic rings. The highest BCUT2D eigenvalue weighted by molar-refractivity contribution is 5.15. The molecule has 1 heteroatoms. The van der Waals surface area contributed by atoms with Crippen LogP contribution in [0, 0.1) is 5.41 Å². The molecule has 1 saturated carbocycles. The molecule has 0 N–H and O–H groups in total. The smallest absolute Gasteiger partial charge is 0.0237 e. The Kier molecular flexibility index (Phi) is 0.969. The molecule has 0 aromatic heterocycles. The summed E-state index contributed by atoms with van der Waals surface area (Å²) >= 11 is 0. The van der Waals surface area contributed by atoms with Crippen LogP contribution >= 0.6 is 0 Å². The van der Waals surface area contributed by atoms with E-state index in [9.17, 15) is 0 Å². The molecule has 12 heavy (non-hydrogen) atoms. The molecule has 1 nitrogen and oxygen atoms in total. The van der Waals surface area contributed by atoms with Crippen molar-refractivity contribution in [3.8, 4) is 0 Å². The Bertz CT molecular complexity index is 279. The molecular weight excluding hydrogens is 146 g/mol. The van der Waals surface area contributed by atoms with Crippen molar-refractivity contribution in [2.24, 2.45) is 5.41 Å². The van der Waals surface area contributed by atoms with Gasteiger partial charge in [-0.2, -0.15) is 0 Å². The van der Waals surface area contributed by atoms with Gasteiger partial charge in [0.2, 0.25) is 0 Å². The van der Waals surface area contributed by atoms with E-state index >= 15 is 0 Å². The summed E-state index contributed by atoms with van der Waals surface area (Å²) in [6.07, 6.45) is 1.70. The van der Waals surface area contributed by atoms with Crippen molar-refractivity contribution in [2.45, 2.75) is 65.0 Å². The summed E-state index contributed by atoms with van der Waals surface area (Å²) in [6, 6.07) is 0.698. The van der Waals surface area contributed by atoms with Gasteiger partial charge < -0.3 is 0 Å². The monoisotopic (exact) mass is 170 g/mol. The zero-order chi connectivity index (χ0) is 11.6. The lowest BCUT2D eigenvalue weighted by atomic mass is 10.0. The van der Waals surface area contributed by atoms with Gasteiger partial charge in [0.1, 0.15) is 0 Å². The van der Waals surface area contributed by atoms with Gasteiger partial charge in [-0.1, -0.05) is 6.85 Å². The van der Waals surface area contributed by atoms with Gasteiger partial charge in [-0.25, -0.2) is 0 Å². The van der Waals surface area contributed by atoms with Crippen molar-refractivity contribution in [1.29, 1.82) is 0 Å². The third-order valence-electron chi connectivity index (χ3n) is 3.28. The third-order valence-corrected chi connectivity index (χ3v) is 3.28. The fourth-order valence-electron chi connectivity index (χ4n) is 2.93. The van der Waals surface area contributed by atoms with Crippen molar-refractivity contribution < 1.29 is 4.11 Å². The summed E-state index contributed by atoms with van der Waals surface area (Å²) in [5.41, 5.74) is -0.284. The quantitative estimate of drug-likeness (QED) is 0.540. The molecule has 0 unspecified atom stereocenters. The molecule has 3 atom stereocenters. The van der Waals surface area contributed by atoms with Crippen molar-refractivity contribution in [3.05, 3.63) is 0 Å². The minimum absolute atomic E-state index is 0.0909. The highest BCUT2D eigenvalue weighted by Crippen LogP contribution is 2.60. The van der Waals surface area contributed by atoms with Crippen LogP contribution in [-0.4, -0.2) is 22.5 Å². The summed E-state index contributed by atoms with van der Waals surface area (Å²) in [4.78, 5) is 2.40. The number of hydrogen-bond acceptors (Lipinski definition) is 1. The van der Waals surface area contributed by atoms with E-state index in [1.54, 1.807) is 0 Å². The molecule has 1 saturated heterocycles. The minimum Gasteiger partial charge on any atom is -0.292 e. The summed E-state index contributed by atoms with van der Waals surface area (Å²) < 4.78 is 23.0. The van der Waals surface area contributed by atoms with Crippen LogP contribution in [0.3, 0.4) is 0 Å². The molecular formula is C11H21N. The van der Waals surface area contributed by atoms with Crippen LogP contribution in [0.1, 0.15) is 51.5 Å². The SMILES string of the molecule is [2H]C([2H])([2H])[C@@]12C[C@@H](C)N(C(C)(C)C)[C@@H]1C2. The first-order valence-corrected chi connectivity index (χ1v) is 4.88. The Morgan fingerprint density at radius 3 is 2.42 bits per heavy atom. The summed E-state index contributed by atoms with van der Waals surface area (Å²) in [5, 5.41) is 0. The molecule has 2 fully saturated rings. The van der Waals surface area contributed by atoms with E-state index in [4.69, 9.17) is 4.11 Å². The Morgan fingerprint density at radius 2 is 2.08 bits per heavy atom. The number of piperidine rings is 1. The highest BCUT2D eigenvalue weighted by atomic mass is 15.3. The van der Waals surface area contributed by atoms with Gasteiger partial charge in [-0.15, -0.1) is 0 Å². The average Bonchev–Trinajstić information content (AvgIpc) is 2.53. The Hall–Kier alpha value is -0.0400. The second-order valence-electron chi connectivity index (χ2n) is 5.51. The first-order valence-electron chi connectivity index (χ1n) is 6.38. The predicted octanol–water partition coefficient (Wildman–Crippen LogP) is 2.66. The van der Waals surface area contributed by atoms with E-state index in [0.717, 1.165) is 12.8 Å². The van der Waals surface area contributed by atoms with Crippen molar-refractivity contribution >= 4 is 0 Å². The first-order chi connectivity index (χ1) is 6.59. The maximum absolute atomic E-state index is 7.66. The largest absolute Gasteiger partial charge is 0.292 e. The van der Waals surface area contributed by atoms with E-state index < -0.39 is 6.85 Å². The zero-order valence-corrected chi connectivity index (χ0v) is 8.52. The summed E-state index contributed by atoms with van der Waals surface area (Å²) in [6.45, 7) is 6.92. The molecule has 0 radical (unpaired) electrons. The summed E-state index contributed by atoms with van der Waals surface area (Å²) in [5.74, 6) is 0. The number of rotatable bonds is 0. The number of nitrogens with zero attached hydrogens (tertiary/aromatic N) is 1. The van der Waals surface area contributed by atoms with Crippen molar-refractivity contribution in [3.63, 3.8) is 0 Å². The van der Waals surface area contributed by atoms with Gasteiger partial charge in [0.05, 0.1) is 0 Å². The fraction of sp³-hybridized carbons (Fsp3) is 1.00. The lowest BCUT2D eigenvalue weighted by Crippen LogP contribution is -2.45. The van der Waals surface area contributed by atoms with Gasteiger partial charge in [-0.3, -0.25) is 4.90 Å². The molecule has 70 valence electrons. The summed E-state index contributed by atoms with van der Waals surface area (Å²) in [7, 11) is 0. The normalized spacial score (nSPS) is 52.5. The third kappa shape index (κ3) is 1.02. The maximum Gasteiger partial charge on any atom is 0.0237 e. The van der Waals surface area contributed by atoms with Crippen molar-refractivity contribution in [2.75, 3.05) is 0 Å². The van der Waals surface area contributed by atoms with Crippen LogP contribution in [0.4, 0.5) is 0 Å². The van der Waals surface area contributed by atoms with E-state index in [2.05, 4.69) is 32.6 Å². The van der Waals surface area contributed by atoms with Crippen LogP contribution in [0.5, 0.6) is 0 Å². The number of likely N-dealkylation sites (tertiary alicyclic amines) is 1. The van der Waals surface area contributed by atoms with Crippen LogP contribution in [0.15, 0.2) is 0 Å². The number of hydrogen-bond donors (Lipinski definition) is 0. The molecule has 1 aliphatic heterocycles. The maximum atomic E-state index is 7.66. The van der Waals surface area contributed by atoms with E-state index in [-0.39, 0.29) is 11.0 Å². The van der Waals surface area contributed by atoms with Gasteiger partial charge in [0, 0.05) is 21.7 Å². The highest BCUT2D eigenvalue weighted by Gasteiger charge is 2.62. The molecule has 0 aromatic rings. The molecule has 0 bridgehead atoms. The zero-order valence-electron chi connectivity index (χ0n) is 11.5. The van der Waals surface area contributed by atoms with Crippen LogP contribution in [-0.2, 0) is 0 Å². The molecule has 0 aromatic carbocycles. The molecule has 1 aliphatic carbocycles. The van der Waals surface area contributed by atoms with Gasteiger partial charge in [0.15, 0.2) is 0 Å².